The minimum Gasteiger partial charge on any atom is -0.355 e. The van der Waals surface area contributed by atoms with Crippen molar-refractivity contribution in [1.82, 2.24) is 0 Å². The van der Waals surface area contributed by atoms with E-state index >= 15 is 0 Å². The summed E-state index contributed by atoms with van der Waals surface area (Å²) in [4.78, 5) is 0. The van der Waals surface area contributed by atoms with Gasteiger partial charge in [0, 0.05) is 0 Å². The summed E-state index contributed by atoms with van der Waals surface area (Å²) in [6, 6.07) is 0. The molecule has 2 nitrogen and oxygen atoms in total. The lowest BCUT2D eigenvalue weighted by atomic mass is 10.0. The van der Waals surface area contributed by atoms with Crippen LogP contribution in [0.15, 0.2) is 0 Å². The highest BCUT2D eigenvalue weighted by atomic mass is 16.7. The van der Waals surface area contributed by atoms with Crippen molar-refractivity contribution in [3.63, 3.8) is 0 Å². The summed E-state index contributed by atoms with van der Waals surface area (Å²) in [5.41, 5.74) is 0. The fourth-order valence-corrected chi connectivity index (χ4v) is 0.690. The first kappa shape index (κ1) is 8.02. The minimum atomic E-state index is 0.500. The number of ether oxygens (including phenoxy) is 2. The van der Waals surface area contributed by atoms with Gasteiger partial charge in [-0.15, -0.1) is 0 Å². The second kappa shape index (κ2) is 5.69. The van der Waals surface area contributed by atoms with Crippen LogP contribution in [-0.2, 0) is 9.47 Å². The van der Waals surface area contributed by atoms with Crippen molar-refractivity contribution in [3.05, 3.63) is 0 Å². The van der Waals surface area contributed by atoms with Gasteiger partial charge in [-0.25, -0.2) is 0 Å². The van der Waals surface area contributed by atoms with Crippen LogP contribution in [0.25, 0.3) is 0 Å². The molecule has 0 amide bonds. The van der Waals surface area contributed by atoms with E-state index in [1.165, 1.54) is 25.7 Å². The Morgan fingerprint density at radius 2 is 1.10 bits per heavy atom. The Morgan fingerprint density at radius 1 is 0.600 bits per heavy atom. The average Bonchev–Trinajstić information content (AvgIpc) is 1.88. The van der Waals surface area contributed by atoms with Crippen molar-refractivity contribution >= 4 is 0 Å². The van der Waals surface area contributed by atoms with E-state index in [4.69, 9.17) is 9.47 Å². The third-order valence-electron chi connectivity index (χ3n) is 1.74. The molecule has 0 aromatic rings. The SMILES string of the molecule is C1CCC1.C1COCOC1. The van der Waals surface area contributed by atoms with Gasteiger partial charge in [0.05, 0.1) is 13.2 Å². The molecule has 1 aliphatic carbocycles. The van der Waals surface area contributed by atoms with E-state index in [9.17, 15) is 0 Å². The Labute approximate surface area is 62.5 Å². The maximum absolute atomic E-state index is 4.85. The highest BCUT2D eigenvalue weighted by molar-refractivity contribution is 4.50. The fraction of sp³-hybridized carbons (Fsp3) is 1.00. The zero-order chi connectivity index (χ0) is 7.07. The lowest BCUT2D eigenvalue weighted by Gasteiger charge is -2.09. The van der Waals surface area contributed by atoms with Crippen LogP contribution in [0.3, 0.4) is 0 Å². The molecule has 0 aromatic heterocycles. The first-order chi connectivity index (χ1) is 5.00. The van der Waals surface area contributed by atoms with Crippen molar-refractivity contribution in [2.75, 3.05) is 20.0 Å². The zero-order valence-electron chi connectivity index (χ0n) is 6.47. The lowest BCUT2D eigenvalue weighted by molar-refractivity contribution is -0.0963. The van der Waals surface area contributed by atoms with Crippen molar-refractivity contribution in [2.24, 2.45) is 0 Å². The summed E-state index contributed by atoms with van der Waals surface area (Å²) >= 11 is 0. The fourth-order valence-electron chi connectivity index (χ4n) is 0.690. The molecule has 0 N–H and O–H groups in total. The molecule has 2 aliphatic rings. The van der Waals surface area contributed by atoms with Crippen molar-refractivity contribution in [2.45, 2.75) is 32.1 Å². The third kappa shape index (κ3) is 3.85. The average molecular weight is 144 g/mol. The second-order valence-corrected chi connectivity index (χ2v) is 2.70. The normalized spacial score (nSPS) is 24.0. The molecule has 0 radical (unpaired) electrons. The Balaban J connectivity index is 0.000000108. The second-order valence-electron chi connectivity index (χ2n) is 2.70. The predicted molar refractivity (Wildman–Crippen MR) is 39.9 cm³/mol. The van der Waals surface area contributed by atoms with Gasteiger partial charge in [0.1, 0.15) is 6.79 Å². The maximum atomic E-state index is 4.85. The molecule has 0 aromatic carbocycles. The summed E-state index contributed by atoms with van der Waals surface area (Å²) < 4.78 is 9.69. The first-order valence-electron chi connectivity index (χ1n) is 4.15. The molecular formula is C8H16O2. The van der Waals surface area contributed by atoms with E-state index < -0.39 is 0 Å². The lowest BCUT2D eigenvalue weighted by Crippen LogP contribution is -2.11. The standard InChI is InChI=1S/C4H8O2.C4H8/c1-2-5-4-6-3-1;1-2-4-3-1/h1-4H2;1-4H2. The Hall–Kier alpha value is -0.0800. The predicted octanol–water partition coefficient (Wildman–Crippen LogP) is 1.94. The number of hydrogen-bond donors (Lipinski definition) is 0. The van der Waals surface area contributed by atoms with E-state index in [1.807, 2.05) is 0 Å². The Kier molecular flexibility index (Phi) is 4.56. The van der Waals surface area contributed by atoms with Gasteiger partial charge in [0.15, 0.2) is 0 Å². The molecular weight excluding hydrogens is 128 g/mol. The molecule has 0 atom stereocenters. The van der Waals surface area contributed by atoms with Crippen LogP contribution in [0.1, 0.15) is 32.1 Å². The molecule has 10 heavy (non-hydrogen) atoms. The monoisotopic (exact) mass is 144 g/mol. The van der Waals surface area contributed by atoms with E-state index in [1.54, 1.807) is 0 Å². The largest absolute Gasteiger partial charge is 0.355 e. The summed E-state index contributed by atoms with van der Waals surface area (Å²) in [7, 11) is 0. The quantitative estimate of drug-likeness (QED) is 0.517. The van der Waals surface area contributed by atoms with Crippen molar-refractivity contribution < 1.29 is 9.47 Å². The van der Waals surface area contributed by atoms with E-state index in [0.717, 1.165) is 19.6 Å². The Morgan fingerprint density at radius 3 is 1.20 bits per heavy atom. The zero-order valence-corrected chi connectivity index (χ0v) is 6.47. The van der Waals surface area contributed by atoms with Crippen LogP contribution in [0, 0.1) is 0 Å². The van der Waals surface area contributed by atoms with E-state index in [-0.39, 0.29) is 0 Å². The maximum Gasteiger partial charge on any atom is 0.146 e. The van der Waals surface area contributed by atoms with E-state index in [0.29, 0.717) is 6.79 Å². The van der Waals surface area contributed by atoms with Gasteiger partial charge in [-0.05, 0) is 6.42 Å². The van der Waals surface area contributed by atoms with Gasteiger partial charge >= 0.3 is 0 Å². The van der Waals surface area contributed by atoms with Crippen LogP contribution in [-0.4, -0.2) is 20.0 Å². The van der Waals surface area contributed by atoms with Gasteiger partial charge in [0.25, 0.3) is 0 Å². The van der Waals surface area contributed by atoms with Crippen molar-refractivity contribution in [3.8, 4) is 0 Å². The van der Waals surface area contributed by atoms with Gasteiger partial charge in [-0.1, -0.05) is 25.7 Å². The molecule has 1 heterocycles. The first-order valence-corrected chi connectivity index (χ1v) is 4.15. The van der Waals surface area contributed by atoms with Gasteiger partial charge in [-0.3, -0.25) is 0 Å². The summed E-state index contributed by atoms with van der Waals surface area (Å²) in [6.07, 6.45) is 7.06. The van der Waals surface area contributed by atoms with Crippen LogP contribution in [0.5, 0.6) is 0 Å². The third-order valence-corrected chi connectivity index (χ3v) is 1.74. The molecule has 1 aliphatic heterocycles. The van der Waals surface area contributed by atoms with Crippen LogP contribution < -0.4 is 0 Å². The molecule has 60 valence electrons. The highest BCUT2D eigenvalue weighted by Crippen LogP contribution is 2.15. The van der Waals surface area contributed by atoms with Gasteiger partial charge in [-0.2, -0.15) is 0 Å². The van der Waals surface area contributed by atoms with Gasteiger partial charge in [0.2, 0.25) is 0 Å². The summed E-state index contributed by atoms with van der Waals surface area (Å²) in [6.45, 7) is 2.25. The smallest absolute Gasteiger partial charge is 0.146 e. The molecule has 2 fully saturated rings. The molecule has 1 saturated carbocycles. The number of hydrogen-bond acceptors (Lipinski definition) is 2. The van der Waals surface area contributed by atoms with Crippen LogP contribution in [0.2, 0.25) is 0 Å². The molecule has 0 unspecified atom stereocenters. The molecule has 2 heteroatoms. The van der Waals surface area contributed by atoms with Gasteiger partial charge < -0.3 is 9.47 Å². The topological polar surface area (TPSA) is 18.5 Å². The Bertz CT molecular complexity index is 50.1. The summed E-state index contributed by atoms with van der Waals surface area (Å²) in [5, 5.41) is 0. The molecule has 0 bridgehead atoms. The summed E-state index contributed by atoms with van der Waals surface area (Å²) in [5.74, 6) is 0. The van der Waals surface area contributed by atoms with E-state index in [2.05, 4.69) is 0 Å². The molecule has 1 saturated heterocycles. The van der Waals surface area contributed by atoms with Crippen LogP contribution >= 0.6 is 0 Å². The van der Waals surface area contributed by atoms with Crippen LogP contribution in [0.4, 0.5) is 0 Å². The highest BCUT2D eigenvalue weighted by Gasteiger charge is 1.95. The van der Waals surface area contributed by atoms with Crippen molar-refractivity contribution in [1.29, 1.82) is 0 Å². The molecule has 2 rings (SSSR count). The number of rotatable bonds is 0. The molecule has 0 spiro atoms. The minimum absolute atomic E-state index is 0.500.